The van der Waals surface area contributed by atoms with Gasteiger partial charge in [-0.3, -0.25) is 4.79 Å². The molecule has 0 saturated carbocycles. The van der Waals surface area contributed by atoms with Crippen LogP contribution in [-0.2, 0) is 0 Å². The average molecular weight is 191 g/mol. The van der Waals surface area contributed by atoms with E-state index in [4.69, 9.17) is 0 Å². The van der Waals surface area contributed by atoms with Crippen LogP contribution in [0.25, 0.3) is 0 Å². The molecule has 1 aromatic carbocycles. The van der Waals surface area contributed by atoms with Gasteiger partial charge >= 0.3 is 0 Å². The summed E-state index contributed by atoms with van der Waals surface area (Å²) < 4.78 is 0. The number of Topliss-reactive ketones (excluding diaryl/α,β-unsaturated/α-hetero) is 1. The maximum atomic E-state index is 12.0. The fourth-order valence-corrected chi connectivity index (χ4v) is 1.47. The van der Waals surface area contributed by atoms with Crippen molar-refractivity contribution < 1.29 is 4.79 Å². The molecule has 0 aromatic heterocycles. The summed E-state index contributed by atoms with van der Waals surface area (Å²) in [6.07, 6.45) is 0. The molecule has 0 heterocycles. The van der Waals surface area contributed by atoms with E-state index in [1.54, 1.807) is 0 Å². The Kier molecular flexibility index (Phi) is 3.42. The molecule has 0 saturated heterocycles. The van der Waals surface area contributed by atoms with Crippen LogP contribution in [0.15, 0.2) is 30.3 Å². The zero-order valence-electron chi connectivity index (χ0n) is 9.00. The van der Waals surface area contributed by atoms with Gasteiger partial charge in [0.25, 0.3) is 0 Å². The number of benzene rings is 1. The second kappa shape index (κ2) is 4.38. The Balaban J connectivity index is 2.85. The summed E-state index contributed by atoms with van der Waals surface area (Å²) in [5.41, 5.74) is 0.286. The second-order valence-corrected chi connectivity index (χ2v) is 3.85. The number of carbonyl (C=O) groups is 1. The van der Waals surface area contributed by atoms with Crippen LogP contribution in [0.4, 0.5) is 0 Å². The van der Waals surface area contributed by atoms with E-state index in [1.165, 1.54) is 0 Å². The molecule has 1 N–H and O–H groups in total. The number of hydrogen-bond acceptors (Lipinski definition) is 2. The molecule has 0 aliphatic carbocycles. The first-order chi connectivity index (χ1) is 6.58. The second-order valence-electron chi connectivity index (χ2n) is 3.85. The molecule has 0 unspecified atom stereocenters. The highest BCUT2D eigenvalue weighted by molar-refractivity contribution is 6.02. The van der Waals surface area contributed by atoms with Crippen molar-refractivity contribution >= 4 is 5.78 Å². The van der Waals surface area contributed by atoms with E-state index in [1.807, 2.05) is 51.1 Å². The summed E-state index contributed by atoms with van der Waals surface area (Å²) in [7, 11) is 0. The molecule has 0 fully saturated rings. The van der Waals surface area contributed by atoms with Crippen LogP contribution in [0.2, 0.25) is 0 Å². The van der Waals surface area contributed by atoms with Gasteiger partial charge in [0.2, 0.25) is 0 Å². The first-order valence-corrected chi connectivity index (χ1v) is 4.93. The third kappa shape index (κ3) is 2.42. The van der Waals surface area contributed by atoms with Gasteiger partial charge < -0.3 is 5.32 Å². The summed E-state index contributed by atoms with van der Waals surface area (Å²) in [4.78, 5) is 12.0. The van der Waals surface area contributed by atoms with Crippen molar-refractivity contribution in [3.05, 3.63) is 35.9 Å². The molecule has 0 aliphatic rings. The largest absolute Gasteiger partial charge is 0.305 e. The van der Waals surface area contributed by atoms with Gasteiger partial charge in [0.1, 0.15) is 0 Å². The van der Waals surface area contributed by atoms with Crippen LogP contribution in [0.1, 0.15) is 31.1 Å². The Labute approximate surface area is 85.3 Å². The maximum absolute atomic E-state index is 12.0. The minimum absolute atomic E-state index is 0.139. The molecule has 2 heteroatoms. The number of nitrogens with one attached hydrogen (secondary N) is 1. The number of ketones is 1. The van der Waals surface area contributed by atoms with Crippen LogP contribution in [-0.4, -0.2) is 17.9 Å². The quantitative estimate of drug-likeness (QED) is 0.740. The van der Waals surface area contributed by atoms with Crippen LogP contribution < -0.4 is 5.32 Å². The third-order valence-electron chi connectivity index (χ3n) is 2.22. The lowest BCUT2D eigenvalue weighted by molar-refractivity contribution is 0.0884. The molecule has 0 radical (unpaired) electrons. The lowest BCUT2D eigenvalue weighted by Crippen LogP contribution is -2.46. The Morgan fingerprint density at radius 3 is 2.36 bits per heavy atom. The smallest absolute Gasteiger partial charge is 0.182 e. The summed E-state index contributed by atoms with van der Waals surface area (Å²) in [5, 5.41) is 3.17. The zero-order chi connectivity index (χ0) is 10.6. The van der Waals surface area contributed by atoms with E-state index in [2.05, 4.69) is 5.32 Å². The summed E-state index contributed by atoms with van der Waals surface area (Å²) in [6.45, 7) is 6.61. The Morgan fingerprint density at radius 2 is 1.86 bits per heavy atom. The van der Waals surface area contributed by atoms with E-state index in [0.29, 0.717) is 0 Å². The van der Waals surface area contributed by atoms with E-state index >= 15 is 0 Å². The molecule has 0 spiro atoms. The summed E-state index contributed by atoms with van der Waals surface area (Å²) >= 11 is 0. The van der Waals surface area contributed by atoms with Crippen molar-refractivity contribution in [2.45, 2.75) is 26.3 Å². The van der Waals surface area contributed by atoms with Crippen LogP contribution in [0.3, 0.4) is 0 Å². The van der Waals surface area contributed by atoms with E-state index in [-0.39, 0.29) is 5.78 Å². The number of rotatable bonds is 4. The van der Waals surface area contributed by atoms with Crippen molar-refractivity contribution in [1.29, 1.82) is 0 Å². The first-order valence-electron chi connectivity index (χ1n) is 4.93. The minimum atomic E-state index is -0.476. The van der Waals surface area contributed by atoms with Gasteiger partial charge in [-0.25, -0.2) is 0 Å². The monoisotopic (exact) mass is 191 g/mol. The van der Waals surface area contributed by atoms with Crippen LogP contribution in [0.5, 0.6) is 0 Å². The highest BCUT2D eigenvalue weighted by Gasteiger charge is 2.26. The fraction of sp³-hybridized carbons (Fsp3) is 0.417. The molecule has 0 bridgehead atoms. The molecular weight excluding hydrogens is 174 g/mol. The van der Waals surface area contributed by atoms with E-state index in [9.17, 15) is 4.79 Å². The Bertz CT molecular complexity index is 303. The van der Waals surface area contributed by atoms with Crippen molar-refractivity contribution in [3.8, 4) is 0 Å². The van der Waals surface area contributed by atoms with Crippen LogP contribution in [0, 0.1) is 0 Å². The minimum Gasteiger partial charge on any atom is -0.305 e. The maximum Gasteiger partial charge on any atom is 0.182 e. The predicted octanol–water partition coefficient (Wildman–Crippen LogP) is 2.26. The highest BCUT2D eigenvalue weighted by atomic mass is 16.1. The normalized spacial score (nSPS) is 11.4. The van der Waals surface area contributed by atoms with Crippen LogP contribution >= 0.6 is 0 Å². The topological polar surface area (TPSA) is 29.1 Å². The van der Waals surface area contributed by atoms with Crippen molar-refractivity contribution in [2.75, 3.05) is 6.54 Å². The molecule has 14 heavy (non-hydrogen) atoms. The van der Waals surface area contributed by atoms with Gasteiger partial charge in [-0.05, 0) is 20.4 Å². The Hall–Kier alpha value is -1.15. The molecule has 0 aliphatic heterocycles. The lowest BCUT2D eigenvalue weighted by atomic mass is 9.93. The molecule has 1 aromatic rings. The van der Waals surface area contributed by atoms with E-state index in [0.717, 1.165) is 12.1 Å². The molecule has 2 nitrogen and oxygen atoms in total. The molecule has 76 valence electrons. The third-order valence-corrected chi connectivity index (χ3v) is 2.22. The molecular formula is C12H17NO. The van der Waals surface area contributed by atoms with Crippen molar-refractivity contribution in [2.24, 2.45) is 0 Å². The molecule has 0 atom stereocenters. The number of hydrogen-bond donors (Lipinski definition) is 1. The fourth-order valence-electron chi connectivity index (χ4n) is 1.47. The zero-order valence-corrected chi connectivity index (χ0v) is 9.00. The van der Waals surface area contributed by atoms with Crippen molar-refractivity contribution in [1.82, 2.24) is 5.32 Å². The number of likely N-dealkylation sites (N-methyl/N-ethyl adjacent to an activating group) is 1. The first kappa shape index (κ1) is 10.9. The highest BCUT2D eigenvalue weighted by Crippen LogP contribution is 2.12. The van der Waals surface area contributed by atoms with Gasteiger partial charge in [-0.1, -0.05) is 37.3 Å². The summed E-state index contributed by atoms with van der Waals surface area (Å²) in [5.74, 6) is 0.139. The van der Waals surface area contributed by atoms with Gasteiger partial charge in [-0.2, -0.15) is 0 Å². The van der Waals surface area contributed by atoms with Gasteiger partial charge in [0.05, 0.1) is 5.54 Å². The van der Waals surface area contributed by atoms with Gasteiger partial charge in [0, 0.05) is 5.56 Å². The molecule has 0 amide bonds. The SMILES string of the molecule is CCNC(C)(C)C(=O)c1ccccc1. The van der Waals surface area contributed by atoms with Gasteiger partial charge in [-0.15, -0.1) is 0 Å². The Morgan fingerprint density at radius 1 is 1.29 bits per heavy atom. The predicted molar refractivity (Wildman–Crippen MR) is 58.5 cm³/mol. The van der Waals surface area contributed by atoms with E-state index < -0.39 is 5.54 Å². The van der Waals surface area contributed by atoms with Crippen molar-refractivity contribution in [3.63, 3.8) is 0 Å². The standard InChI is InChI=1S/C12H17NO/c1-4-13-12(2,3)11(14)10-8-6-5-7-9-10/h5-9,13H,4H2,1-3H3. The van der Waals surface area contributed by atoms with Gasteiger partial charge in [0.15, 0.2) is 5.78 Å². The average Bonchev–Trinajstić information content (AvgIpc) is 2.18. The molecule has 1 rings (SSSR count). The summed E-state index contributed by atoms with van der Waals surface area (Å²) in [6, 6.07) is 9.38. The lowest BCUT2D eigenvalue weighted by Gasteiger charge is -2.23. The number of carbonyl (C=O) groups excluding carboxylic acids is 1.